The monoisotopic (exact) mass is 561 g/mol. The Morgan fingerprint density at radius 2 is 0.791 bits per heavy atom. The van der Waals surface area contributed by atoms with Crippen molar-refractivity contribution in [1.82, 2.24) is 0 Å². The summed E-state index contributed by atoms with van der Waals surface area (Å²) >= 11 is 0. The first-order valence-corrected chi connectivity index (χ1v) is 14.4. The van der Waals surface area contributed by atoms with E-state index in [1.165, 1.54) is 27.8 Å². The van der Waals surface area contributed by atoms with Crippen molar-refractivity contribution in [1.29, 1.82) is 0 Å². The van der Waals surface area contributed by atoms with Gasteiger partial charge in [-0.1, -0.05) is 41.5 Å². The Labute approximate surface area is 250 Å². The molecule has 7 nitrogen and oxygen atoms in total. The average Bonchev–Trinajstić information content (AvgIpc) is 3.05. The van der Waals surface area contributed by atoms with E-state index in [1.807, 2.05) is 6.07 Å². The number of benzene rings is 2. The van der Waals surface area contributed by atoms with Crippen molar-refractivity contribution in [3.8, 4) is 22.3 Å². The van der Waals surface area contributed by atoms with E-state index in [1.54, 1.807) is 0 Å². The highest BCUT2D eigenvalue weighted by Crippen LogP contribution is 2.23. The largest absolute Gasteiger partial charge is 0.201 e. The zero-order valence-electron chi connectivity index (χ0n) is 23.7. The van der Waals surface area contributed by atoms with Gasteiger partial charge in [0.2, 0.25) is 0 Å². The fraction of sp³-hybridized carbons (Fsp3) is 0.111. The summed E-state index contributed by atoms with van der Waals surface area (Å²) in [6, 6.07) is 32.2. The van der Waals surface area contributed by atoms with Gasteiger partial charge in [-0.15, -0.1) is 0 Å². The quantitative estimate of drug-likeness (QED) is 0.108. The summed E-state index contributed by atoms with van der Waals surface area (Å²) in [7, 11) is 0. The number of pyridine rings is 4. The second kappa shape index (κ2) is 11.7. The highest BCUT2D eigenvalue weighted by atomic mass is 15.1. The zero-order valence-corrected chi connectivity index (χ0v) is 23.7. The van der Waals surface area contributed by atoms with E-state index in [-0.39, 0.29) is 0 Å². The summed E-state index contributed by atoms with van der Waals surface area (Å²) in [5, 5.41) is 4.03. The predicted molar refractivity (Wildman–Crippen MR) is 163 cm³/mol. The third kappa shape index (κ3) is 6.03. The van der Waals surface area contributed by atoms with Crippen molar-refractivity contribution in [2.45, 2.75) is 26.2 Å². The molecule has 0 radical (unpaired) electrons. The third-order valence-electron chi connectivity index (χ3n) is 8.00. The molecule has 2 aromatic carbocycles. The van der Waals surface area contributed by atoms with Crippen molar-refractivity contribution in [2.24, 2.45) is 5.11 Å². The van der Waals surface area contributed by atoms with E-state index in [9.17, 15) is 5.53 Å². The van der Waals surface area contributed by atoms with Gasteiger partial charge in [0.25, 0.3) is 0 Å². The van der Waals surface area contributed by atoms with E-state index in [4.69, 9.17) is 0 Å². The Hall–Kier alpha value is -5.65. The van der Waals surface area contributed by atoms with Gasteiger partial charge >= 0.3 is 0 Å². The minimum absolute atomic E-state index is 0.613. The first-order valence-electron chi connectivity index (χ1n) is 14.4. The lowest BCUT2D eigenvalue weighted by molar-refractivity contribution is -0.689. The molecule has 0 aliphatic carbocycles. The molecule has 0 atom stereocenters. The molecule has 0 saturated carbocycles. The molecule has 0 fully saturated rings. The SMILES string of the molecule is [N-]=[N+]=Nc1cc2ccc1C[n+]1ccc(cc1)-c1cc[n+](cc1)Cc1ccc(cc1)C[n+]1ccc(cc1)-c1cc[n+](cc1)C2. The minimum atomic E-state index is 0.613. The first kappa shape index (κ1) is 26.3. The van der Waals surface area contributed by atoms with Crippen LogP contribution >= 0.6 is 0 Å². The van der Waals surface area contributed by atoms with Crippen molar-refractivity contribution < 1.29 is 18.3 Å². The molecular weight excluding hydrogens is 530 g/mol. The Morgan fingerprint density at radius 3 is 1.19 bits per heavy atom. The summed E-state index contributed by atoms with van der Waals surface area (Å²) in [5.41, 5.74) is 19.2. The summed E-state index contributed by atoms with van der Waals surface area (Å²) in [4.78, 5) is 3.10. The van der Waals surface area contributed by atoms with Gasteiger partial charge < -0.3 is 0 Å². The second-order valence-corrected chi connectivity index (χ2v) is 11.0. The highest BCUT2D eigenvalue weighted by Gasteiger charge is 2.13. The van der Waals surface area contributed by atoms with Crippen molar-refractivity contribution in [3.05, 3.63) is 173 Å². The lowest BCUT2D eigenvalue weighted by atomic mass is 10.1. The topological polar surface area (TPSA) is 64.3 Å². The van der Waals surface area contributed by atoms with Crippen LogP contribution in [-0.2, 0) is 26.2 Å². The molecule has 206 valence electrons. The molecule has 0 spiro atoms. The molecule has 6 aromatic rings. The van der Waals surface area contributed by atoms with E-state index < -0.39 is 0 Å². The van der Waals surface area contributed by atoms with Crippen LogP contribution in [0.15, 0.2) is 146 Å². The summed E-state index contributed by atoms with van der Waals surface area (Å²) < 4.78 is 8.66. The molecule has 12 bridgehead atoms. The number of hydrogen-bond donors (Lipinski definition) is 0. The van der Waals surface area contributed by atoms with Gasteiger partial charge in [-0.25, -0.2) is 18.3 Å². The molecule has 16 aliphatic heterocycles. The molecule has 0 saturated heterocycles. The van der Waals surface area contributed by atoms with Crippen molar-refractivity contribution >= 4 is 5.69 Å². The maximum absolute atomic E-state index is 9.26. The lowest BCUT2D eigenvalue weighted by Crippen LogP contribution is -2.34. The maximum Gasteiger partial charge on any atom is 0.174 e. The highest BCUT2D eigenvalue weighted by molar-refractivity contribution is 5.61. The third-order valence-corrected chi connectivity index (χ3v) is 8.00. The smallest absolute Gasteiger partial charge is 0.174 e. The number of rotatable bonds is 1. The normalized spacial score (nSPS) is 12.3. The summed E-state index contributed by atoms with van der Waals surface area (Å²) in [6.07, 6.45) is 16.9. The van der Waals surface area contributed by atoms with Gasteiger partial charge in [0, 0.05) is 81.4 Å². The van der Waals surface area contributed by atoms with E-state index in [2.05, 4.69) is 163 Å². The number of aromatic nitrogens is 4. The van der Waals surface area contributed by atoms with Gasteiger partial charge in [-0.2, -0.15) is 0 Å². The predicted octanol–water partition coefficient (Wildman–Crippen LogP) is 5.62. The number of azide groups is 1. The fourth-order valence-electron chi connectivity index (χ4n) is 5.58. The van der Waals surface area contributed by atoms with Crippen LogP contribution in [-0.4, -0.2) is 0 Å². The van der Waals surface area contributed by atoms with Crippen LogP contribution in [0.3, 0.4) is 0 Å². The Kier molecular flexibility index (Phi) is 7.14. The van der Waals surface area contributed by atoms with Gasteiger partial charge in [-0.3, -0.25) is 0 Å². The van der Waals surface area contributed by atoms with Crippen LogP contribution in [0.2, 0.25) is 0 Å². The second-order valence-electron chi connectivity index (χ2n) is 11.0. The van der Waals surface area contributed by atoms with Crippen molar-refractivity contribution in [2.75, 3.05) is 0 Å². The van der Waals surface area contributed by atoms with Crippen LogP contribution < -0.4 is 18.3 Å². The first-order chi connectivity index (χ1) is 21.2. The lowest BCUT2D eigenvalue weighted by Gasteiger charge is -2.07. The average molecular weight is 562 g/mol. The molecule has 0 amide bonds. The van der Waals surface area contributed by atoms with Crippen LogP contribution in [0.25, 0.3) is 32.7 Å². The van der Waals surface area contributed by atoms with Crippen LogP contribution in [0, 0.1) is 0 Å². The molecule has 0 N–H and O–H groups in total. The molecule has 22 rings (SSSR count). The van der Waals surface area contributed by atoms with Gasteiger partial charge in [0.15, 0.2) is 75.8 Å². The molecule has 0 unspecified atom stereocenters. The van der Waals surface area contributed by atoms with Crippen LogP contribution in [0.5, 0.6) is 0 Å². The Balaban J connectivity index is 1.23. The fourth-order valence-corrected chi connectivity index (χ4v) is 5.58. The van der Waals surface area contributed by atoms with Crippen LogP contribution in [0.4, 0.5) is 5.69 Å². The summed E-state index contributed by atoms with van der Waals surface area (Å²) in [6.45, 7) is 2.94. The molecule has 4 aromatic heterocycles. The number of nitrogens with zero attached hydrogens (tertiary/aromatic N) is 7. The number of hydrogen-bond acceptors (Lipinski definition) is 1. The van der Waals surface area contributed by atoms with Crippen LogP contribution in [0.1, 0.15) is 22.3 Å². The standard InChI is InChI=1S/C36H31N7/c37-39-38-36-23-30-5-6-35(36)27-43-21-13-34(14-22-43)32-9-17-41(18-10-32)25-29-3-1-28(2-4-29)24-40-15-7-31(8-16-40)33-11-19-42(26-30)20-12-33/h1-23H,24-27H2/q+4. The van der Waals surface area contributed by atoms with E-state index in [0.717, 1.165) is 29.8 Å². The van der Waals surface area contributed by atoms with Gasteiger partial charge in [0.1, 0.15) is 0 Å². The molecule has 16 aliphatic rings. The van der Waals surface area contributed by atoms with Crippen molar-refractivity contribution in [3.63, 3.8) is 0 Å². The maximum atomic E-state index is 9.26. The molecule has 20 heterocycles. The van der Waals surface area contributed by atoms with Gasteiger partial charge in [0.05, 0.1) is 0 Å². The summed E-state index contributed by atoms with van der Waals surface area (Å²) in [5.74, 6) is 0. The molecule has 7 heteroatoms. The molecule has 43 heavy (non-hydrogen) atoms. The van der Waals surface area contributed by atoms with Gasteiger partial charge in [-0.05, 0) is 33.9 Å². The Bertz CT molecular complexity index is 1920. The zero-order chi connectivity index (χ0) is 29.0. The minimum Gasteiger partial charge on any atom is -0.201 e. The molecular formula is C36H31N7+4. The Morgan fingerprint density at radius 1 is 0.442 bits per heavy atom. The van der Waals surface area contributed by atoms with E-state index >= 15 is 0 Å². The van der Waals surface area contributed by atoms with E-state index in [0.29, 0.717) is 18.8 Å².